The third-order valence-corrected chi connectivity index (χ3v) is 3.95. The van der Waals surface area contributed by atoms with Crippen molar-refractivity contribution in [1.82, 2.24) is 5.32 Å². The number of aryl methyl sites for hydroxylation is 3. The van der Waals surface area contributed by atoms with Crippen molar-refractivity contribution in [1.29, 1.82) is 0 Å². The number of halogens is 1. The maximum absolute atomic E-state index is 6.42. The highest BCUT2D eigenvalue weighted by atomic mass is 35.5. The molecule has 2 nitrogen and oxygen atoms in total. The van der Waals surface area contributed by atoms with Crippen molar-refractivity contribution in [3.05, 3.63) is 57.5 Å². The van der Waals surface area contributed by atoms with Crippen molar-refractivity contribution in [2.24, 2.45) is 0 Å². The highest BCUT2D eigenvalue weighted by Gasteiger charge is 2.20. The van der Waals surface area contributed by atoms with Gasteiger partial charge in [-0.25, -0.2) is 0 Å². The van der Waals surface area contributed by atoms with Gasteiger partial charge < -0.3 is 9.73 Å². The molecule has 0 fully saturated rings. The summed E-state index contributed by atoms with van der Waals surface area (Å²) in [4.78, 5) is 0. The third kappa shape index (κ3) is 2.70. The summed E-state index contributed by atoms with van der Waals surface area (Å²) in [5, 5.41) is 4.14. The molecule has 0 amide bonds. The van der Waals surface area contributed by atoms with Gasteiger partial charge in [0.2, 0.25) is 0 Å². The normalized spacial score (nSPS) is 12.7. The van der Waals surface area contributed by atoms with E-state index in [1.165, 1.54) is 11.1 Å². The molecular formula is C16H20ClNO. The standard InChI is InChI=1S/C16H20ClNO/c1-5-15-12(6-7-19-15)16(18-4)13-8-10(2)11(3)9-14(13)17/h6-9,16,18H,5H2,1-4H3. The molecule has 0 saturated heterocycles. The van der Waals surface area contributed by atoms with Crippen LogP contribution in [-0.4, -0.2) is 7.05 Å². The topological polar surface area (TPSA) is 25.2 Å². The number of hydrogen-bond acceptors (Lipinski definition) is 2. The molecule has 1 aromatic heterocycles. The first-order valence-electron chi connectivity index (χ1n) is 6.58. The van der Waals surface area contributed by atoms with Gasteiger partial charge in [0, 0.05) is 17.0 Å². The van der Waals surface area contributed by atoms with E-state index in [0.29, 0.717) is 0 Å². The van der Waals surface area contributed by atoms with Gasteiger partial charge in [-0.3, -0.25) is 0 Å². The molecule has 102 valence electrons. The van der Waals surface area contributed by atoms with Gasteiger partial charge in [0.15, 0.2) is 0 Å². The van der Waals surface area contributed by atoms with Crippen molar-refractivity contribution in [3.8, 4) is 0 Å². The Hall–Kier alpha value is -1.25. The van der Waals surface area contributed by atoms with Gasteiger partial charge in [-0.2, -0.15) is 0 Å². The number of nitrogens with one attached hydrogen (secondary N) is 1. The predicted octanol–water partition coefficient (Wildman–Crippen LogP) is 4.42. The lowest BCUT2D eigenvalue weighted by Crippen LogP contribution is -2.19. The molecule has 19 heavy (non-hydrogen) atoms. The molecule has 1 aromatic carbocycles. The van der Waals surface area contributed by atoms with Crippen molar-refractivity contribution >= 4 is 11.6 Å². The third-order valence-electron chi connectivity index (χ3n) is 3.62. The summed E-state index contributed by atoms with van der Waals surface area (Å²) in [6, 6.07) is 6.28. The van der Waals surface area contributed by atoms with Gasteiger partial charge in [0.25, 0.3) is 0 Å². The molecule has 0 radical (unpaired) electrons. The van der Waals surface area contributed by atoms with Gasteiger partial charge in [0.05, 0.1) is 12.3 Å². The Bertz CT molecular complexity index is 574. The number of benzene rings is 1. The van der Waals surface area contributed by atoms with Crippen LogP contribution in [0.1, 0.15) is 41.0 Å². The van der Waals surface area contributed by atoms with Gasteiger partial charge >= 0.3 is 0 Å². The fourth-order valence-electron chi connectivity index (χ4n) is 2.40. The molecule has 1 atom stereocenters. The molecule has 0 aliphatic rings. The summed E-state index contributed by atoms with van der Waals surface area (Å²) in [6.07, 6.45) is 2.62. The molecule has 3 heteroatoms. The average molecular weight is 278 g/mol. The van der Waals surface area contributed by atoms with Crippen LogP contribution in [0.25, 0.3) is 0 Å². The summed E-state index contributed by atoms with van der Waals surface area (Å²) in [6.45, 7) is 6.28. The lowest BCUT2D eigenvalue weighted by atomic mass is 9.95. The SMILES string of the molecule is CCc1occc1C(NC)c1cc(C)c(C)cc1Cl. The van der Waals surface area contributed by atoms with Crippen LogP contribution in [0.3, 0.4) is 0 Å². The zero-order valence-corrected chi connectivity index (χ0v) is 12.6. The zero-order chi connectivity index (χ0) is 14.0. The lowest BCUT2D eigenvalue weighted by molar-refractivity contribution is 0.505. The molecule has 2 rings (SSSR count). The van der Waals surface area contributed by atoms with Crippen LogP contribution in [0.15, 0.2) is 28.9 Å². The fourth-order valence-corrected chi connectivity index (χ4v) is 2.73. The summed E-state index contributed by atoms with van der Waals surface area (Å²) >= 11 is 6.42. The lowest BCUT2D eigenvalue weighted by Gasteiger charge is -2.19. The van der Waals surface area contributed by atoms with E-state index in [1.54, 1.807) is 6.26 Å². The van der Waals surface area contributed by atoms with Gasteiger partial charge in [-0.15, -0.1) is 0 Å². The van der Waals surface area contributed by atoms with Crippen LogP contribution in [0.5, 0.6) is 0 Å². The predicted molar refractivity (Wildman–Crippen MR) is 79.9 cm³/mol. The Kier molecular flexibility index (Phi) is 4.33. The summed E-state index contributed by atoms with van der Waals surface area (Å²) < 4.78 is 5.53. The van der Waals surface area contributed by atoms with Crippen LogP contribution < -0.4 is 5.32 Å². The van der Waals surface area contributed by atoms with Crippen molar-refractivity contribution < 1.29 is 4.42 Å². The van der Waals surface area contributed by atoms with E-state index in [1.807, 2.05) is 19.2 Å². The van der Waals surface area contributed by atoms with Crippen LogP contribution in [-0.2, 0) is 6.42 Å². The van der Waals surface area contributed by atoms with E-state index in [-0.39, 0.29) is 6.04 Å². The highest BCUT2D eigenvalue weighted by Crippen LogP contribution is 2.32. The Morgan fingerprint density at radius 1 is 1.21 bits per heavy atom. The van der Waals surface area contributed by atoms with E-state index in [0.717, 1.165) is 28.3 Å². The molecule has 0 saturated carbocycles. The van der Waals surface area contributed by atoms with Gasteiger partial charge in [-0.05, 0) is 49.7 Å². The van der Waals surface area contributed by atoms with E-state index >= 15 is 0 Å². The second kappa shape index (κ2) is 5.81. The Morgan fingerprint density at radius 3 is 2.53 bits per heavy atom. The van der Waals surface area contributed by atoms with Gasteiger partial charge in [-0.1, -0.05) is 24.6 Å². The zero-order valence-electron chi connectivity index (χ0n) is 11.9. The van der Waals surface area contributed by atoms with Crippen LogP contribution in [0, 0.1) is 13.8 Å². The molecule has 1 heterocycles. The van der Waals surface area contributed by atoms with Gasteiger partial charge in [0.1, 0.15) is 5.76 Å². The molecule has 0 spiro atoms. The highest BCUT2D eigenvalue weighted by molar-refractivity contribution is 6.31. The number of furan rings is 1. The van der Waals surface area contributed by atoms with Crippen molar-refractivity contribution in [3.63, 3.8) is 0 Å². The van der Waals surface area contributed by atoms with Crippen LogP contribution in [0.2, 0.25) is 5.02 Å². The van der Waals surface area contributed by atoms with Crippen molar-refractivity contribution in [2.45, 2.75) is 33.2 Å². The first kappa shape index (κ1) is 14.2. The maximum Gasteiger partial charge on any atom is 0.108 e. The summed E-state index contributed by atoms with van der Waals surface area (Å²) in [7, 11) is 1.95. The second-order valence-electron chi connectivity index (χ2n) is 4.83. The van der Waals surface area contributed by atoms with E-state index in [2.05, 4.69) is 32.2 Å². The average Bonchev–Trinajstić information content (AvgIpc) is 2.84. The van der Waals surface area contributed by atoms with Crippen LogP contribution in [0.4, 0.5) is 0 Å². The van der Waals surface area contributed by atoms with Crippen molar-refractivity contribution in [2.75, 3.05) is 7.05 Å². The maximum atomic E-state index is 6.42. The molecule has 1 N–H and O–H groups in total. The minimum absolute atomic E-state index is 0.0699. The minimum atomic E-state index is 0.0699. The minimum Gasteiger partial charge on any atom is -0.469 e. The number of hydrogen-bond donors (Lipinski definition) is 1. The van der Waals surface area contributed by atoms with E-state index < -0.39 is 0 Å². The first-order valence-corrected chi connectivity index (χ1v) is 6.96. The largest absolute Gasteiger partial charge is 0.469 e. The molecule has 1 unspecified atom stereocenters. The van der Waals surface area contributed by atoms with Crippen LogP contribution >= 0.6 is 11.6 Å². The monoisotopic (exact) mass is 277 g/mol. The Labute approximate surface area is 119 Å². The first-order chi connectivity index (χ1) is 9.08. The molecule has 0 bridgehead atoms. The molecule has 0 aliphatic heterocycles. The quantitative estimate of drug-likeness (QED) is 0.895. The second-order valence-corrected chi connectivity index (χ2v) is 5.24. The molecule has 2 aromatic rings. The summed E-state index contributed by atoms with van der Waals surface area (Å²) in [5.74, 6) is 1.01. The molecule has 0 aliphatic carbocycles. The molecular weight excluding hydrogens is 258 g/mol. The van der Waals surface area contributed by atoms with E-state index in [9.17, 15) is 0 Å². The Balaban J connectivity index is 2.51. The number of rotatable bonds is 4. The smallest absolute Gasteiger partial charge is 0.108 e. The van der Waals surface area contributed by atoms with E-state index in [4.69, 9.17) is 16.0 Å². The Morgan fingerprint density at radius 2 is 1.89 bits per heavy atom. The summed E-state index contributed by atoms with van der Waals surface area (Å²) in [5.41, 5.74) is 4.73. The fraction of sp³-hybridized carbons (Fsp3) is 0.375.